The Balaban J connectivity index is 2.74. The molecule has 0 aliphatic rings. The van der Waals surface area contributed by atoms with E-state index in [0.717, 1.165) is 6.20 Å². The second-order valence-electron chi connectivity index (χ2n) is 3.86. The Bertz CT molecular complexity index is 544. The van der Waals surface area contributed by atoms with Gasteiger partial charge in [0.1, 0.15) is 11.0 Å². The minimum atomic E-state index is -4.52. The maximum Gasteiger partial charge on any atom is 0.408 e. The van der Waals surface area contributed by atoms with Crippen LogP contribution in [0.3, 0.4) is 0 Å². The average molecular weight is 357 g/mol. The highest BCUT2D eigenvalue weighted by molar-refractivity contribution is 9.10. The molecular weight excluding hydrogens is 345 g/mol. The fourth-order valence-electron chi connectivity index (χ4n) is 1.31. The van der Waals surface area contributed by atoms with Crippen molar-refractivity contribution in [3.63, 3.8) is 0 Å². The molecule has 1 aromatic heterocycles. The van der Waals surface area contributed by atoms with Crippen molar-refractivity contribution in [1.29, 1.82) is 0 Å². The van der Waals surface area contributed by atoms with Crippen molar-refractivity contribution >= 4 is 27.5 Å². The summed E-state index contributed by atoms with van der Waals surface area (Å²) in [4.78, 5) is 22.3. The van der Waals surface area contributed by atoms with Crippen molar-refractivity contribution in [3.8, 4) is 0 Å². The van der Waals surface area contributed by atoms with Crippen molar-refractivity contribution < 1.29 is 18.0 Å². The number of hydrogen-bond acceptors (Lipinski definition) is 4. The molecule has 0 saturated heterocycles. The third-order valence-electron chi connectivity index (χ3n) is 2.13. The van der Waals surface area contributed by atoms with Gasteiger partial charge in [0, 0.05) is 20.0 Å². The van der Waals surface area contributed by atoms with Gasteiger partial charge in [-0.1, -0.05) is 0 Å². The van der Waals surface area contributed by atoms with E-state index in [2.05, 4.69) is 31.7 Å². The van der Waals surface area contributed by atoms with Gasteiger partial charge in [0.15, 0.2) is 0 Å². The largest absolute Gasteiger partial charge is 0.408 e. The molecule has 0 unspecified atom stereocenters. The number of halogens is 4. The molecule has 1 amide bonds. The van der Waals surface area contributed by atoms with Crippen LogP contribution in [0.25, 0.3) is 0 Å². The van der Waals surface area contributed by atoms with E-state index in [1.54, 1.807) is 0 Å². The molecule has 0 aliphatic carbocycles. The molecule has 0 fully saturated rings. The van der Waals surface area contributed by atoms with Gasteiger partial charge in [0.25, 0.3) is 5.56 Å². The highest BCUT2D eigenvalue weighted by atomic mass is 79.9. The smallest absolute Gasteiger partial charge is 0.381 e. The van der Waals surface area contributed by atoms with Crippen LogP contribution in [-0.4, -0.2) is 35.0 Å². The van der Waals surface area contributed by atoms with Crippen molar-refractivity contribution in [2.45, 2.75) is 19.6 Å². The third kappa shape index (κ3) is 5.19. The predicted molar refractivity (Wildman–Crippen MR) is 69.4 cm³/mol. The summed E-state index contributed by atoms with van der Waals surface area (Å²) in [5.74, 6) is -0.204. The number of nitrogens with zero attached hydrogens (tertiary/aromatic N) is 2. The summed E-state index contributed by atoms with van der Waals surface area (Å²) in [6, 6.07) is 0. The molecule has 10 heteroatoms. The van der Waals surface area contributed by atoms with Gasteiger partial charge in [-0.2, -0.15) is 18.3 Å². The molecule has 112 valence electrons. The molecule has 0 atom stereocenters. The highest BCUT2D eigenvalue weighted by Gasteiger charge is 2.29. The minimum absolute atomic E-state index is 0.0421. The molecule has 0 aromatic carbocycles. The molecule has 1 rings (SSSR count). The first-order valence-electron chi connectivity index (χ1n) is 5.51. The number of nitrogens with one attached hydrogen (secondary N) is 2. The summed E-state index contributed by atoms with van der Waals surface area (Å²) < 4.78 is 36.9. The van der Waals surface area contributed by atoms with E-state index in [1.165, 1.54) is 6.92 Å². The van der Waals surface area contributed by atoms with Crippen LogP contribution in [0.5, 0.6) is 0 Å². The van der Waals surface area contributed by atoms with Gasteiger partial charge in [0.2, 0.25) is 5.91 Å². The quantitative estimate of drug-likeness (QED) is 0.775. The maximum atomic E-state index is 12.2. The number of amides is 1. The lowest BCUT2D eigenvalue weighted by atomic mass is 10.4. The zero-order valence-corrected chi connectivity index (χ0v) is 12.0. The fraction of sp³-hybridized carbons (Fsp3) is 0.500. The van der Waals surface area contributed by atoms with Gasteiger partial charge in [0.05, 0.1) is 11.9 Å². The minimum Gasteiger partial charge on any atom is -0.381 e. The van der Waals surface area contributed by atoms with Gasteiger partial charge >= 0.3 is 6.18 Å². The molecule has 0 radical (unpaired) electrons. The predicted octanol–water partition coefficient (Wildman–Crippen LogP) is 1.12. The lowest BCUT2D eigenvalue weighted by Crippen LogP contribution is -2.31. The summed E-state index contributed by atoms with van der Waals surface area (Å²) in [5.41, 5.74) is -0.620. The van der Waals surface area contributed by atoms with E-state index in [0.29, 0.717) is 17.8 Å². The Hall–Kier alpha value is -1.58. The number of aromatic nitrogens is 2. The molecule has 2 N–H and O–H groups in total. The summed E-state index contributed by atoms with van der Waals surface area (Å²) >= 11 is 2.93. The highest BCUT2D eigenvalue weighted by Crippen LogP contribution is 2.19. The number of carbonyl (C=O) groups excluding carboxylic acids is 1. The van der Waals surface area contributed by atoms with Crippen molar-refractivity contribution in [2.75, 3.05) is 18.4 Å². The van der Waals surface area contributed by atoms with E-state index in [1.807, 2.05) is 0 Å². The standard InChI is InChI=1S/C10H12BrF3N4O2/c1-6(19)15-2-3-16-7-4-17-18(5-10(12,13)14)9(20)8(7)11/h4,16H,2-3,5H2,1H3,(H,15,19). The topological polar surface area (TPSA) is 76.0 Å². The van der Waals surface area contributed by atoms with Gasteiger partial charge in [-0.15, -0.1) is 0 Å². The number of hydrogen-bond donors (Lipinski definition) is 2. The van der Waals surface area contributed by atoms with Crippen LogP contribution in [0.2, 0.25) is 0 Å². The number of carbonyl (C=O) groups is 1. The molecule has 0 saturated carbocycles. The Kier molecular flexibility index (Phi) is 5.54. The molecular formula is C10H12BrF3N4O2. The third-order valence-corrected chi connectivity index (χ3v) is 2.89. The van der Waals surface area contributed by atoms with E-state index >= 15 is 0 Å². The van der Waals surface area contributed by atoms with Crippen LogP contribution in [0, 0.1) is 0 Å². The Morgan fingerprint density at radius 2 is 2.10 bits per heavy atom. The molecule has 6 nitrogen and oxygen atoms in total. The van der Waals surface area contributed by atoms with Crippen molar-refractivity contribution in [3.05, 3.63) is 21.0 Å². The van der Waals surface area contributed by atoms with E-state index in [4.69, 9.17) is 0 Å². The van der Waals surface area contributed by atoms with Gasteiger partial charge in [-0.3, -0.25) is 9.59 Å². The summed E-state index contributed by atoms with van der Waals surface area (Å²) in [7, 11) is 0. The summed E-state index contributed by atoms with van der Waals surface area (Å²) in [5, 5.41) is 8.75. The first kappa shape index (κ1) is 16.5. The van der Waals surface area contributed by atoms with Crippen LogP contribution in [-0.2, 0) is 11.3 Å². The van der Waals surface area contributed by atoms with E-state index in [9.17, 15) is 22.8 Å². The zero-order valence-electron chi connectivity index (χ0n) is 10.4. The van der Waals surface area contributed by atoms with Gasteiger partial charge in [-0.25, -0.2) is 4.68 Å². The first-order valence-corrected chi connectivity index (χ1v) is 6.30. The fourth-order valence-corrected chi connectivity index (χ4v) is 1.75. The average Bonchev–Trinajstić information content (AvgIpc) is 2.31. The molecule has 0 aliphatic heterocycles. The molecule has 20 heavy (non-hydrogen) atoms. The Morgan fingerprint density at radius 3 is 2.65 bits per heavy atom. The van der Waals surface area contributed by atoms with Crippen LogP contribution < -0.4 is 16.2 Å². The van der Waals surface area contributed by atoms with Crippen LogP contribution in [0.15, 0.2) is 15.5 Å². The SMILES string of the molecule is CC(=O)NCCNc1cnn(CC(F)(F)F)c(=O)c1Br. The monoisotopic (exact) mass is 356 g/mol. The molecule has 1 aromatic rings. The normalized spacial score (nSPS) is 11.2. The van der Waals surface area contributed by atoms with E-state index in [-0.39, 0.29) is 16.1 Å². The number of alkyl halides is 3. The van der Waals surface area contributed by atoms with Crippen LogP contribution in [0.1, 0.15) is 6.92 Å². The summed E-state index contributed by atoms with van der Waals surface area (Å²) in [6.07, 6.45) is -3.40. The molecule has 0 bridgehead atoms. The summed E-state index contributed by atoms with van der Waals surface area (Å²) in [6.45, 7) is 0.530. The van der Waals surface area contributed by atoms with Crippen LogP contribution in [0.4, 0.5) is 18.9 Å². The number of anilines is 1. The lowest BCUT2D eigenvalue weighted by molar-refractivity contribution is -0.143. The van der Waals surface area contributed by atoms with Crippen molar-refractivity contribution in [1.82, 2.24) is 15.1 Å². The lowest BCUT2D eigenvalue weighted by Gasteiger charge is -2.11. The van der Waals surface area contributed by atoms with Gasteiger partial charge in [-0.05, 0) is 15.9 Å². The van der Waals surface area contributed by atoms with Crippen molar-refractivity contribution in [2.24, 2.45) is 0 Å². The van der Waals surface area contributed by atoms with Crippen LogP contribution >= 0.6 is 15.9 Å². The second-order valence-corrected chi connectivity index (χ2v) is 4.65. The first-order chi connectivity index (χ1) is 9.20. The van der Waals surface area contributed by atoms with Gasteiger partial charge < -0.3 is 10.6 Å². The number of rotatable bonds is 5. The second kappa shape index (κ2) is 6.73. The maximum absolute atomic E-state index is 12.2. The van der Waals surface area contributed by atoms with E-state index < -0.39 is 18.3 Å². The molecule has 1 heterocycles. The zero-order chi connectivity index (χ0) is 15.3. The Morgan fingerprint density at radius 1 is 1.45 bits per heavy atom. The Labute approximate surface area is 120 Å². The molecule has 0 spiro atoms.